The SMILES string of the molecule is CNC(C)(CCCCN1CCC(OC)CC1)C(=O)OC. The summed E-state index contributed by atoms with van der Waals surface area (Å²) in [6, 6.07) is 0. The highest BCUT2D eigenvalue weighted by atomic mass is 16.5. The maximum absolute atomic E-state index is 11.7. The van der Waals surface area contributed by atoms with Crippen LogP contribution in [0.25, 0.3) is 0 Å². The molecule has 20 heavy (non-hydrogen) atoms. The molecule has 1 heterocycles. The normalized spacial score (nSPS) is 20.6. The number of likely N-dealkylation sites (N-methyl/N-ethyl adjacent to an activating group) is 1. The van der Waals surface area contributed by atoms with Crippen LogP contribution in [0.5, 0.6) is 0 Å². The molecule has 0 spiro atoms. The Morgan fingerprint density at radius 3 is 2.45 bits per heavy atom. The number of piperidine rings is 1. The summed E-state index contributed by atoms with van der Waals surface area (Å²) in [6.07, 6.45) is 5.66. The molecule has 1 unspecified atom stereocenters. The molecule has 0 saturated carbocycles. The van der Waals surface area contributed by atoms with Gasteiger partial charge in [0.15, 0.2) is 0 Å². The Bertz CT molecular complexity index is 291. The fraction of sp³-hybridized carbons (Fsp3) is 0.933. The van der Waals surface area contributed by atoms with Crippen LogP contribution in [0.1, 0.15) is 39.0 Å². The standard InChI is InChI=1S/C15H30N2O3/c1-15(16-2,14(18)20-4)9-5-6-10-17-11-7-13(19-3)8-12-17/h13,16H,5-12H2,1-4H3. The molecule has 0 amide bonds. The lowest BCUT2D eigenvalue weighted by Crippen LogP contribution is -2.48. The molecule has 0 aromatic carbocycles. The van der Waals surface area contributed by atoms with E-state index < -0.39 is 5.54 Å². The first kappa shape index (κ1) is 17.4. The molecular formula is C15H30N2O3. The second kappa shape index (κ2) is 8.60. The van der Waals surface area contributed by atoms with E-state index in [0.29, 0.717) is 6.10 Å². The number of nitrogens with one attached hydrogen (secondary N) is 1. The van der Waals surface area contributed by atoms with Crippen molar-refractivity contribution in [3.05, 3.63) is 0 Å². The van der Waals surface area contributed by atoms with Crippen molar-refractivity contribution in [3.8, 4) is 0 Å². The van der Waals surface area contributed by atoms with Crippen LogP contribution >= 0.6 is 0 Å². The molecule has 0 aliphatic carbocycles. The molecule has 1 atom stereocenters. The van der Waals surface area contributed by atoms with Gasteiger partial charge in [-0.15, -0.1) is 0 Å². The van der Waals surface area contributed by atoms with Gasteiger partial charge in [0, 0.05) is 20.2 Å². The number of esters is 1. The Morgan fingerprint density at radius 2 is 1.95 bits per heavy atom. The van der Waals surface area contributed by atoms with Crippen molar-refractivity contribution in [2.75, 3.05) is 40.9 Å². The van der Waals surface area contributed by atoms with Crippen molar-refractivity contribution < 1.29 is 14.3 Å². The van der Waals surface area contributed by atoms with Gasteiger partial charge in [-0.1, -0.05) is 0 Å². The molecule has 1 rings (SSSR count). The highest BCUT2D eigenvalue weighted by molar-refractivity contribution is 5.80. The summed E-state index contributed by atoms with van der Waals surface area (Å²) in [5.74, 6) is -0.180. The molecule has 0 radical (unpaired) electrons. The van der Waals surface area contributed by atoms with Crippen molar-refractivity contribution in [2.24, 2.45) is 0 Å². The highest BCUT2D eigenvalue weighted by Gasteiger charge is 2.31. The molecule has 0 bridgehead atoms. The molecule has 118 valence electrons. The van der Waals surface area contributed by atoms with Crippen molar-refractivity contribution in [1.29, 1.82) is 0 Å². The monoisotopic (exact) mass is 286 g/mol. The Labute approximate surface area is 123 Å². The van der Waals surface area contributed by atoms with Gasteiger partial charge in [0.1, 0.15) is 5.54 Å². The number of rotatable bonds is 8. The average Bonchev–Trinajstić information content (AvgIpc) is 2.51. The molecule has 1 N–H and O–H groups in total. The Balaban J connectivity index is 2.20. The molecular weight excluding hydrogens is 256 g/mol. The molecule has 5 nitrogen and oxygen atoms in total. The van der Waals surface area contributed by atoms with E-state index in [4.69, 9.17) is 9.47 Å². The maximum Gasteiger partial charge on any atom is 0.325 e. The summed E-state index contributed by atoms with van der Waals surface area (Å²) in [7, 11) is 5.05. The highest BCUT2D eigenvalue weighted by Crippen LogP contribution is 2.17. The number of nitrogens with zero attached hydrogens (tertiary/aromatic N) is 1. The number of carbonyl (C=O) groups is 1. The summed E-state index contributed by atoms with van der Waals surface area (Å²) >= 11 is 0. The van der Waals surface area contributed by atoms with Gasteiger partial charge in [0.2, 0.25) is 0 Å². The van der Waals surface area contributed by atoms with Crippen LogP contribution in [0, 0.1) is 0 Å². The zero-order valence-corrected chi connectivity index (χ0v) is 13.4. The predicted molar refractivity (Wildman–Crippen MR) is 79.8 cm³/mol. The van der Waals surface area contributed by atoms with E-state index in [-0.39, 0.29) is 5.97 Å². The molecule has 1 aliphatic heterocycles. The smallest absolute Gasteiger partial charge is 0.325 e. The minimum atomic E-state index is -0.558. The fourth-order valence-electron chi connectivity index (χ4n) is 2.74. The van der Waals surface area contributed by atoms with Crippen molar-refractivity contribution in [2.45, 2.75) is 50.7 Å². The third-order valence-corrected chi connectivity index (χ3v) is 4.46. The Hall–Kier alpha value is -0.650. The first-order valence-corrected chi connectivity index (χ1v) is 7.58. The largest absolute Gasteiger partial charge is 0.468 e. The minimum Gasteiger partial charge on any atom is -0.468 e. The topological polar surface area (TPSA) is 50.8 Å². The first-order valence-electron chi connectivity index (χ1n) is 7.58. The minimum absolute atomic E-state index is 0.180. The van der Waals surface area contributed by atoms with Gasteiger partial charge in [-0.05, 0) is 52.6 Å². The molecule has 1 aliphatic rings. The molecule has 0 aromatic heterocycles. The first-order chi connectivity index (χ1) is 9.55. The second-order valence-corrected chi connectivity index (χ2v) is 5.81. The molecule has 5 heteroatoms. The molecule has 1 saturated heterocycles. The fourth-order valence-corrected chi connectivity index (χ4v) is 2.74. The lowest BCUT2D eigenvalue weighted by atomic mass is 9.95. The quantitative estimate of drug-likeness (QED) is 0.540. The maximum atomic E-state index is 11.7. The summed E-state index contributed by atoms with van der Waals surface area (Å²) in [5, 5.41) is 3.08. The van der Waals surface area contributed by atoms with Gasteiger partial charge in [-0.3, -0.25) is 4.79 Å². The third-order valence-electron chi connectivity index (χ3n) is 4.46. The summed E-state index contributed by atoms with van der Waals surface area (Å²) < 4.78 is 10.2. The van der Waals surface area contributed by atoms with Crippen LogP contribution < -0.4 is 5.32 Å². The van der Waals surface area contributed by atoms with Crippen LogP contribution in [0.15, 0.2) is 0 Å². The van der Waals surface area contributed by atoms with Gasteiger partial charge < -0.3 is 19.7 Å². The molecule has 1 fully saturated rings. The van der Waals surface area contributed by atoms with Crippen LogP contribution in [0.3, 0.4) is 0 Å². The van der Waals surface area contributed by atoms with Crippen LogP contribution in [0.2, 0.25) is 0 Å². The summed E-state index contributed by atoms with van der Waals surface area (Å²) in [4.78, 5) is 14.2. The lowest BCUT2D eigenvalue weighted by molar-refractivity contribution is -0.148. The Kier molecular flexibility index (Phi) is 7.48. The van der Waals surface area contributed by atoms with Crippen molar-refractivity contribution in [3.63, 3.8) is 0 Å². The van der Waals surface area contributed by atoms with Gasteiger partial charge in [-0.25, -0.2) is 0 Å². The van der Waals surface area contributed by atoms with E-state index in [1.165, 1.54) is 7.11 Å². The molecule has 0 aromatic rings. The summed E-state index contributed by atoms with van der Waals surface area (Å²) in [6.45, 7) is 5.26. The zero-order chi connectivity index (χ0) is 15.0. The van der Waals surface area contributed by atoms with E-state index >= 15 is 0 Å². The Morgan fingerprint density at radius 1 is 1.30 bits per heavy atom. The van der Waals surface area contributed by atoms with Crippen molar-refractivity contribution >= 4 is 5.97 Å². The van der Waals surface area contributed by atoms with E-state index in [1.807, 2.05) is 14.0 Å². The number of ether oxygens (including phenoxy) is 2. The van der Waals surface area contributed by atoms with Crippen LogP contribution in [0.4, 0.5) is 0 Å². The van der Waals surface area contributed by atoms with Gasteiger partial charge >= 0.3 is 5.97 Å². The number of hydrogen-bond donors (Lipinski definition) is 1. The zero-order valence-electron chi connectivity index (χ0n) is 13.4. The number of carbonyl (C=O) groups excluding carboxylic acids is 1. The lowest BCUT2D eigenvalue weighted by Gasteiger charge is -2.31. The van der Waals surface area contributed by atoms with E-state index in [0.717, 1.165) is 51.7 Å². The number of likely N-dealkylation sites (tertiary alicyclic amines) is 1. The van der Waals surface area contributed by atoms with E-state index in [1.54, 1.807) is 7.11 Å². The van der Waals surface area contributed by atoms with Gasteiger partial charge in [-0.2, -0.15) is 0 Å². The second-order valence-electron chi connectivity index (χ2n) is 5.81. The van der Waals surface area contributed by atoms with Gasteiger partial charge in [0.25, 0.3) is 0 Å². The van der Waals surface area contributed by atoms with E-state index in [9.17, 15) is 4.79 Å². The van der Waals surface area contributed by atoms with E-state index in [2.05, 4.69) is 10.2 Å². The summed E-state index contributed by atoms with van der Waals surface area (Å²) in [5.41, 5.74) is -0.558. The van der Waals surface area contributed by atoms with Crippen LogP contribution in [-0.4, -0.2) is 63.4 Å². The van der Waals surface area contributed by atoms with Crippen LogP contribution in [-0.2, 0) is 14.3 Å². The van der Waals surface area contributed by atoms with Gasteiger partial charge in [0.05, 0.1) is 13.2 Å². The number of unbranched alkanes of at least 4 members (excludes halogenated alkanes) is 1. The average molecular weight is 286 g/mol. The van der Waals surface area contributed by atoms with Crippen molar-refractivity contribution in [1.82, 2.24) is 10.2 Å². The third kappa shape index (κ3) is 5.04. The predicted octanol–water partition coefficient (Wildman–Crippen LogP) is 1.42. The number of methoxy groups -OCH3 is 2. The number of hydrogen-bond acceptors (Lipinski definition) is 5.